The fourth-order valence-electron chi connectivity index (χ4n) is 2.22. The Labute approximate surface area is 156 Å². The highest BCUT2D eigenvalue weighted by Crippen LogP contribution is 2.25. The number of methoxy groups -OCH3 is 1. The molecule has 1 atom stereocenters. The largest absolute Gasteiger partial charge is 0.465 e. The third kappa shape index (κ3) is 5.46. The number of carbonyl (C=O) groups excluding carboxylic acids is 2. The summed E-state index contributed by atoms with van der Waals surface area (Å²) < 4.78 is 4.63. The van der Waals surface area contributed by atoms with Crippen molar-refractivity contribution in [1.29, 1.82) is 0 Å². The third-order valence-electron chi connectivity index (χ3n) is 3.59. The fourth-order valence-corrected chi connectivity index (χ4v) is 2.79. The van der Waals surface area contributed by atoms with E-state index in [1.165, 1.54) is 7.11 Å². The van der Waals surface area contributed by atoms with Crippen molar-refractivity contribution >= 4 is 40.8 Å². The van der Waals surface area contributed by atoms with Gasteiger partial charge in [-0.15, -0.1) is 0 Å². The number of ether oxygens (including phenoxy) is 1. The molecular weight excluding hydrogens is 363 g/mol. The van der Waals surface area contributed by atoms with Crippen LogP contribution in [0.5, 0.6) is 0 Å². The van der Waals surface area contributed by atoms with Crippen molar-refractivity contribution < 1.29 is 14.3 Å². The third-order valence-corrected chi connectivity index (χ3v) is 4.15. The molecule has 25 heavy (non-hydrogen) atoms. The molecule has 0 unspecified atom stereocenters. The van der Waals surface area contributed by atoms with E-state index in [4.69, 9.17) is 23.2 Å². The number of hydrogen-bond donors (Lipinski definition) is 2. The second-order valence-corrected chi connectivity index (χ2v) is 6.23. The van der Waals surface area contributed by atoms with Gasteiger partial charge in [-0.2, -0.15) is 0 Å². The van der Waals surface area contributed by atoms with Crippen molar-refractivity contribution in [3.05, 3.63) is 63.6 Å². The molecule has 0 saturated carbocycles. The second kappa shape index (κ2) is 8.85. The normalized spacial score (nSPS) is 11.7. The van der Waals surface area contributed by atoms with Gasteiger partial charge in [-0.05, 0) is 48.9 Å². The van der Waals surface area contributed by atoms with Crippen molar-refractivity contribution in [2.24, 2.45) is 0 Å². The van der Waals surface area contributed by atoms with Crippen LogP contribution in [0.15, 0.2) is 42.5 Å². The molecule has 0 aliphatic heterocycles. The smallest absolute Gasteiger partial charge is 0.337 e. The number of benzene rings is 2. The van der Waals surface area contributed by atoms with Crippen LogP contribution in [0.2, 0.25) is 10.0 Å². The summed E-state index contributed by atoms with van der Waals surface area (Å²) in [6.45, 7) is 2.02. The Morgan fingerprint density at radius 3 is 2.40 bits per heavy atom. The SMILES string of the molecule is COC(=O)c1ccc(NC(=O)CN[C@@H](C)c2ccc(Cl)cc2Cl)cc1. The van der Waals surface area contributed by atoms with Crippen molar-refractivity contribution in [2.45, 2.75) is 13.0 Å². The first-order chi connectivity index (χ1) is 11.9. The maximum absolute atomic E-state index is 12.0. The topological polar surface area (TPSA) is 67.4 Å². The van der Waals surface area contributed by atoms with Crippen molar-refractivity contribution in [1.82, 2.24) is 5.32 Å². The van der Waals surface area contributed by atoms with Crippen LogP contribution >= 0.6 is 23.2 Å². The van der Waals surface area contributed by atoms with E-state index in [1.807, 2.05) is 13.0 Å². The first-order valence-electron chi connectivity index (χ1n) is 7.57. The number of halogens is 2. The Kier molecular flexibility index (Phi) is 6.82. The monoisotopic (exact) mass is 380 g/mol. The van der Waals surface area contributed by atoms with Gasteiger partial charge in [-0.3, -0.25) is 4.79 Å². The summed E-state index contributed by atoms with van der Waals surface area (Å²) in [6.07, 6.45) is 0. The Morgan fingerprint density at radius 1 is 1.12 bits per heavy atom. The molecule has 0 saturated heterocycles. The lowest BCUT2D eigenvalue weighted by Gasteiger charge is -2.16. The van der Waals surface area contributed by atoms with Crippen LogP contribution in [0.4, 0.5) is 5.69 Å². The number of hydrogen-bond acceptors (Lipinski definition) is 4. The average molecular weight is 381 g/mol. The van der Waals surface area contributed by atoms with Crippen LogP contribution in [0.3, 0.4) is 0 Å². The van der Waals surface area contributed by atoms with Gasteiger partial charge < -0.3 is 15.4 Å². The number of carbonyl (C=O) groups is 2. The van der Waals surface area contributed by atoms with Gasteiger partial charge in [-0.25, -0.2) is 4.79 Å². The molecule has 0 aliphatic rings. The molecule has 0 aliphatic carbocycles. The highest BCUT2D eigenvalue weighted by atomic mass is 35.5. The summed E-state index contributed by atoms with van der Waals surface area (Å²) in [5.41, 5.74) is 1.88. The second-order valence-electron chi connectivity index (χ2n) is 5.39. The first-order valence-corrected chi connectivity index (χ1v) is 8.33. The molecule has 2 rings (SSSR count). The van der Waals surface area contributed by atoms with E-state index in [9.17, 15) is 9.59 Å². The lowest BCUT2D eigenvalue weighted by Crippen LogP contribution is -2.30. The van der Waals surface area contributed by atoms with Crippen LogP contribution in [0.1, 0.15) is 28.9 Å². The number of anilines is 1. The van der Waals surface area contributed by atoms with Gasteiger partial charge in [0.1, 0.15) is 0 Å². The molecule has 2 aromatic rings. The van der Waals surface area contributed by atoms with Crippen molar-refractivity contribution in [3.8, 4) is 0 Å². The molecule has 132 valence electrons. The molecule has 0 aromatic heterocycles. The van der Waals surface area contributed by atoms with Gasteiger partial charge in [0.2, 0.25) is 5.91 Å². The van der Waals surface area contributed by atoms with E-state index in [0.717, 1.165) is 5.56 Å². The minimum absolute atomic E-state index is 0.110. The standard InChI is InChI=1S/C18H18Cl2N2O3/c1-11(15-8-5-13(19)9-16(15)20)21-10-17(23)22-14-6-3-12(4-7-14)18(24)25-2/h3-9,11,21H,10H2,1-2H3,(H,22,23)/t11-/m0/s1. The highest BCUT2D eigenvalue weighted by Gasteiger charge is 2.12. The summed E-state index contributed by atoms with van der Waals surface area (Å²) in [7, 11) is 1.32. The zero-order valence-electron chi connectivity index (χ0n) is 13.8. The van der Waals surface area contributed by atoms with Crippen LogP contribution in [0, 0.1) is 0 Å². The lowest BCUT2D eigenvalue weighted by molar-refractivity contribution is -0.115. The van der Waals surface area contributed by atoms with Gasteiger partial charge in [0.25, 0.3) is 0 Å². The molecule has 0 bridgehead atoms. The van der Waals surface area contributed by atoms with Crippen molar-refractivity contribution in [3.63, 3.8) is 0 Å². The van der Waals surface area contributed by atoms with Crippen LogP contribution in [-0.4, -0.2) is 25.5 Å². The van der Waals surface area contributed by atoms with E-state index in [1.54, 1.807) is 36.4 Å². The van der Waals surface area contributed by atoms with E-state index < -0.39 is 5.97 Å². The average Bonchev–Trinajstić information content (AvgIpc) is 2.59. The predicted octanol–water partition coefficient (Wildman–Crippen LogP) is 4.07. The Hall–Kier alpha value is -2.08. The lowest BCUT2D eigenvalue weighted by atomic mass is 10.1. The van der Waals surface area contributed by atoms with Crippen LogP contribution < -0.4 is 10.6 Å². The summed E-state index contributed by atoms with van der Waals surface area (Å²) >= 11 is 12.0. The fraction of sp³-hybridized carbons (Fsp3) is 0.222. The van der Waals surface area contributed by atoms with Crippen molar-refractivity contribution in [2.75, 3.05) is 19.0 Å². The maximum atomic E-state index is 12.0. The highest BCUT2D eigenvalue weighted by molar-refractivity contribution is 6.35. The first kappa shape index (κ1) is 19.2. The molecule has 0 spiro atoms. The van der Waals surface area contributed by atoms with E-state index in [-0.39, 0.29) is 18.5 Å². The van der Waals surface area contributed by atoms with Gasteiger partial charge in [-0.1, -0.05) is 29.3 Å². The Balaban J connectivity index is 1.88. The molecule has 7 heteroatoms. The predicted molar refractivity (Wildman–Crippen MR) is 99.3 cm³/mol. The zero-order chi connectivity index (χ0) is 18.4. The molecule has 0 heterocycles. The minimum Gasteiger partial charge on any atom is -0.465 e. The van der Waals surface area contributed by atoms with Gasteiger partial charge >= 0.3 is 5.97 Å². The number of nitrogens with one attached hydrogen (secondary N) is 2. The maximum Gasteiger partial charge on any atom is 0.337 e. The molecule has 2 N–H and O–H groups in total. The van der Waals surface area contributed by atoms with E-state index in [0.29, 0.717) is 21.3 Å². The Morgan fingerprint density at radius 2 is 1.80 bits per heavy atom. The molecule has 0 fully saturated rings. The number of rotatable bonds is 6. The molecule has 1 amide bonds. The van der Waals surface area contributed by atoms with E-state index in [2.05, 4.69) is 15.4 Å². The van der Waals surface area contributed by atoms with Crippen LogP contribution in [0.25, 0.3) is 0 Å². The molecule has 0 radical (unpaired) electrons. The number of esters is 1. The quantitative estimate of drug-likeness (QED) is 0.741. The van der Waals surface area contributed by atoms with Crippen LogP contribution in [-0.2, 0) is 9.53 Å². The Bertz CT molecular complexity index is 763. The molecular formula is C18H18Cl2N2O3. The van der Waals surface area contributed by atoms with Gasteiger partial charge in [0.05, 0.1) is 19.2 Å². The van der Waals surface area contributed by atoms with E-state index >= 15 is 0 Å². The summed E-state index contributed by atoms with van der Waals surface area (Å²) in [4.78, 5) is 23.4. The summed E-state index contributed by atoms with van der Waals surface area (Å²) in [5, 5.41) is 6.96. The zero-order valence-corrected chi connectivity index (χ0v) is 15.3. The number of amides is 1. The molecule has 2 aromatic carbocycles. The van der Waals surface area contributed by atoms with Gasteiger partial charge in [0, 0.05) is 21.8 Å². The minimum atomic E-state index is -0.423. The molecule has 5 nitrogen and oxygen atoms in total. The summed E-state index contributed by atoms with van der Waals surface area (Å²) in [5.74, 6) is -0.629. The van der Waals surface area contributed by atoms with Gasteiger partial charge in [0.15, 0.2) is 0 Å². The summed E-state index contributed by atoms with van der Waals surface area (Å²) in [6, 6.07) is 11.6.